The summed E-state index contributed by atoms with van der Waals surface area (Å²) in [6.07, 6.45) is -0.0258. The minimum atomic E-state index is -0.873. The predicted octanol–water partition coefficient (Wildman–Crippen LogP) is 3.31. The van der Waals surface area contributed by atoms with Crippen LogP contribution >= 0.6 is 0 Å². The Morgan fingerprint density at radius 3 is 2.16 bits per heavy atom. The molecule has 0 bridgehead atoms. The molecule has 1 aromatic heterocycles. The third-order valence-corrected chi connectivity index (χ3v) is 3.26. The lowest BCUT2D eigenvalue weighted by molar-refractivity contribution is -0.137. The van der Waals surface area contributed by atoms with Gasteiger partial charge in [0.05, 0.1) is 12.5 Å². The van der Waals surface area contributed by atoms with Crippen LogP contribution in [-0.4, -0.2) is 15.6 Å². The molecular weight excluding hydrogens is 245 g/mol. The first-order chi connectivity index (χ1) is 8.99. The van der Waals surface area contributed by atoms with Gasteiger partial charge in [-0.15, -0.1) is 0 Å². The maximum atomic E-state index is 13.0. The summed E-state index contributed by atoms with van der Waals surface area (Å²) in [5, 5.41) is 9.09. The third kappa shape index (κ3) is 2.84. The number of nitrogens with zero attached hydrogens (tertiary/aromatic N) is 1. The van der Waals surface area contributed by atoms with Crippen molar-refractivity contribution in [1.82, 2.24) is 4.57 Å². The van der Waals surface area contributed by atoms with E-state index >= 15 is 0 Å². The van der Waals surface area contributed by atoms with Crippen LogP contribution in [0.25, 0.3) is 0 Å². The molecule has 0 aliphatic heterocycles. The van der Waals surface area contributed by atoms with E-state index in [9.17, 15) is 9.18 Å². The van der Waals surface area contributed by atoms with E-state index in [4.69, 9.17) is 5.11 Å². The summed E-state index contributed by atoms with van der Waals surface area (Å²) in [5.41, 5.74) is 2.78. The van der Waals surface area contributed by atoms with Gasteiger partial charge in [-0.3, -0.25) is 4.79 Å². The average Bonchev–Trinajstić information content (AvgIpc) is 2.67. The SMILES string of the molecule is Cc1ccc(C)n1[C@@H](CC(=O)O)c1ccc(F)cc1. The van der Waals surface area contributed by atoms with E-state index in [1.807, 2.05) is 30.5 Å². The molecule has 0 unspecified atom stereocenters. The first kappa shape index (κ1) is 13.3. The molecule has 0 radical (unpaired) electrons. The van der Waals surface area contributed by atoms with E-state index < -0.39 is 5.97 Å². The van der Waals surface area contributed by atoms with Crippen molar-refractivity contribution in [2.24, 2.45) is 0 Å². The normalized spacial score (nSPS) is 12.4. The van der Waals surface area contributed by atoms with Crippen molar-refractivity contribution >= 4 is 5.97 Å². The Bertz CT molecular complexity index is 567. The summed E-state index contributed by atoms with van der Waals surface area (Å²) in [6, 6.07) is 9.59. The summed E-state index contributed by atoms with van der Waals surface area (Å²) in [5.74, 6) is -1.19. The molecule has 2 aromatic rings. The van der Waals surface area contributed by atoms with Crippen LogP contribution < -0.4 is 0 Å². The minimum Gasteiger partial charge on any atom is -0.481 e. The molecule has 2 rings (SSSR count). The number of hydrogen-bond acceptors (Lipinski definition) is 1. The Morgan fingerprint density at radius 2 is 1.68 bits per heavy atom. The van der Waals surface area contributed by atoms with E-state index in [0.717, 1.165) is 17.0 Å². The largest absolute Gasteiger partial charge is 0.481 e. The van der Waals surface area contributed by atoms with Crippen molar-refractivity contribution in [2.75, 3.05) is 0 Å². The maximum Gasteiger partial charge on any atom is 0.305 e. The maximum absolute atomic E-state index is 13.0. The summed E-state index contributed by atoms with van der Waals surface area (Å²) in [4.78, 5) is 11.1. The standard InChI is InChI=1S/C15H16FNO2/c1-10-3-4-11(2)17(10)14(9-15(18)19)12-5-7-13(16)8-6-12/h3-8,14H,9H2,1-2H3,(H,18,19)/t14-/m0/s1. The van der Waals surface area contributed by atoms with Gasteiger partial charge in [0.2, 0.25) is 0 Å². The van der Waals surface area contributed by atoms with Gasteiger partial charge in [-0.25, -0.2) is 4.39 Å². The number of aromatic nitrogens is 1. The highest BCUT2D eigenvalue weighted by Gasteiger charge is 2.20. The van der Waals surface area contributed by atoms with E-state index in [1.165, 1.54) is 12.1 Å². The van der Waals surface area contributed by atoms with Crippen LogP contribution in [0.1, 0.15) is 29.4 Å². The number of aryl methyl sites for hydroxylation is 2. The number of hydrogen-bond donors (Lipinski definition) is 1. The molecule has 0 saturated carbocycles. The fraction of sp³-hybridized carbons (Fsp3) is 0.267. The second kappa shape index (κ2) is 5.26. The van der Waals surface area contributed by atoms with Gasteiger partial charge < -0.3 is 9.67 Å². The zero-order valence-electron chi connectivity index (χ0n) is 10.9. The predicted molar refractivity (Wildman–Crippen MR) is 70.7 cm³/mol. The Labute approximate surface area is 111 Å². The first-order valence-electron chi connectivity index (χ1n) is 6.10. The van der Waals surface area contributed by atoms with Crippen molar-refractivity contribution < 1.29 is 14.3 Å². The Hall–Kier alpha value is -2.10. The number of rotatable bonds is 4. The van der Waals surface area contributed by atoms with Gasteiger partial charge in [0.25, 0.3) is 0 Å². The third-order valence-electron chi connectivity index (χ3n) is 3.26. The van der Waals surface area contributed by atoms with Gasteiger partial charge in [-0.2, -0.15) is 0 Å². The summed E-state index contributed by atoms with van der Waals surface area (Å²) in [6.45, 7) is 3.87. The van der Waals surface area contributed by atoms with Crippen LogP contribution in [0.2, 0.25) is 0 Å². The molecule has 0 aliphatic rings. The zero-order valence-corrected chi connectivity index (χ0v) is 10.9. The van der Waals surface area contributed by atoms with E-state index in [1.54, 1.807) is 12.1 Å². The number of benzene rings is 1. The summed E-state index contributed by atoms with van der Waals surface area (Å²) < 4.78 is 15.0. The van der Waals surface area contributed by atoms with Gasteiger partial charge in [0, 0.05) is 11.4 Å². The topological polar surface area (TPSA) is 42.2 Å². The first-order valence-corrected chi connectivity index (χ1v) is 6.10. The van der Waals surface area contributed by atoms with E-state index in [0.29, 0.717) is 0 Å². The summed E-state index contributed by atoms with van der Waals surface area (Å²) in [7, 11) is 0. The Balaban J connectivity index is 2.47. The van der Waals surface area contributed by atoms with Crippen LogP contribution in [0.3, 0.4) is 0 Å². The molecule has 0 aliphatic carbocycles. The number of halogens is 1. The molecule has 19 heavy (non-hydrogen) atoms. The number of carboxylic acid groups (broad SMARTS) is 1. The van der Waals surface area contributed by atoms with Gasteiger partial charge in [0.15, 0.2) is 0 Å². The van der Waals surface area contributed by atoms with E-state index in [-0.39, 0.29) is 18.3 Å². The monoisotopic (exact) mass is 261 g/mol. The van der Waals surface area contributed by atoms with E-state index in [2.05, 4.69) is 0 Å². The fourth-order valence-electron chi connectivity index (χ4n) is 2.38. The van der Waals surface area contributed by atoms with Gasteiger partial charge >= 0.3 is 5.97 Å². The molecule has 1 atom stereocenters. The zero-order chi connectivity index (χ0) is 14.0. The second-order valence-corrected chi connectivity index (χ2v) is 4.65. The lowest BCUT2D eigenvalue weighted by Gasteiger charge is -2.21. The molecule has 0 saturated heterocycles. The van der Waals surface area contributed by atoms with Crippen molar-refractivity contribution in [3.8, 4) is 0 Å². The molecule has 4 heteroatoms. The van der Waals surface area contributed by atoms with Gasteiger partial charge in [-0.1, -0.05) is 12.1 Å². The summed E-state index contributed by atoms with van der Waals surface area (Å²) >= 11 is 0. The van der Waals surface area contributed by atoms with Crippen LogP contribution in [0, 0.1) is 19.7 Å². The number of aliphatic carboxylic acids is 1. The molecule has 0 fully saturated rings. The molecule has 0 amide bonds. The quantitative estimate of drug-likeness (QED) is 0.917. The van der Waals surface area contributed by atoms with Crippen LogP contribution in [0.15, 0.2) is 36.4 Å². The van der Waals surface area contributed by atoms with Crippen LogP contribution in [0.5, 0.6) is 0 Å². The lowest BCUT2D eigenvalue weighted by atomic mass is 10.0. The highest BCUT2D eigenvalue weighted by molar-refractivity contribution is 5.68. The molecule has 1 heterocycles. The smallest absolute Gasteiger partial charge is 0.305 e. The van der Waals surface area contributed by atoms with Crippen molar-refractivity contribution in [2.45, 2.75) is 26.3 Å². The molecular formula is C15H16FNO2. The Kier molecular flexibility index (Phi) is 3.69. The fourth-order valence-corrected chi connectivity index (χ4v) is 2.38. The van der Waals surface area contributed by atoms with Crippen molar-refractivity contribution in [3.63, 3.8) is 0 Å². The highest BCUT2D eigenvalue weighted by atomic mass is 19.1. The van der Waals surface area contributed by atoms with Crippen molar-refractivity contribution in [3.05, 3.63) is 59.2 Å². The molecule has 3 nitrogen and oxygen atoms in total. The lowest BCUT2D eigenvalue weighted by Crippen LogP contribution is -2.17. The molecule has 100 valence electrons. The number of carbonyl (C=O) groups is 1. The number of carboxylic acids is 1. The molecule has 1 N–H and O–H groups in total. The van der Waals surface area contributed by atoms with Crippen molar-refractivity contribution in [1.29, 1.82) is 0 Å². The highest BCUT2D eigenvalue weighted by Crippen LogP contribution is 2.26. The molecule has 0 spiro atoms. The molecule has 1 aromatic carbocycles. The van der Waals surface area contributed by atoms with Gasteiger partial charge in [0.1, 0.15) is 5.82 Å². The van der Waals surface area contributed by atoms with Gasteiger partial charge in [-0.05, 0) is 43.7 Å². The minimum absolute atomic E-state index is 0.0258. The average molecular weight is 261 g/mol. The Morgan fingerprint density at radius 1 is 1.16 bits per heavy atom. The van der Waals surface area contributed by atoms with Crippen LogP contribution in [0.4, 0.5) is 4.39 Å². The second-order valence-electron chi connectivity index (χ2n) is 4.65. The van der Waals surface area contributed by atoms with Crippen LogP contribution in [-0.2, 0) is 4.79 Å².